The predicted octanol–water partition coefficient (Wildman–Crippen LogP) is 5.72. The molecule has 0 spiro atoms. The molecule has 1 N–H and O–H groups in total. The second-order valence-electron chi connectivity index (χ2n) is 11.5. The summed E-state index contributed by atoms with van der Waals surface area (Å²) in [6.07, 6.45) is 6.65. The van der Waals surface area contributed by atoms with Gasteiger partial charge in [0, 0.05) is 99.6 Å². The second-order valence-corrected chi connectivity index (χ2v) is 11.5. The average molecular weight is 601 g/mol. The third kappa shape index (κ3) is 7.43. The van der Waals surface area contributed by atoms with E-state index >= 15 is 0 Å². The van der Waals surface area contributed by atoms with Crippen LogP contribution in [0, 0.1) is 6.92 Å². The first-order valence-electron chi connectivity index (χ1n) is 14.8. The molecule has 4 aromatic rings. The van der Waals surface area contributed by atoms with E-state index in [0.717, 1.165) is 56.3 Å². The maximum Gasteiger partial charge on any atom is 0.270 e. The molecule has 44 heavy (non-hydrogen) atoms. The van der Waals surface area contributed by atoms with Gasteiger partial charge in [-0.2, -0.15) is 5.10 Å². The van der Waals surface area contributed by atoms with Crippen molar-refractivity contribution in [3.05, 3.63) is 101 Å². The Morgan fingerprint density at radius 2 is 1.68 bits per heavy atom. The smallest absolute Gasteiger partial charge is 0.270 e. The van der Waals surface area contributed by atoms with Crippen LogP contribution in [0.1, 0.15) is 56.8 Å². The Balaban J connectivity index is 1.29. The lowest BCUT2D eigenvalue weighted by Gasteiger charge is -2.34. The summed E-state index contributed by atoms with van der Waals surface area (Å²) >= 11 is 0. The van der Waals surface area contributed by atoms with Gasteiger partial charge in [-0.05, 0) is 48.4 Å². The number of anilines is 1. The Kier molecular flexibility index (Phi) is 9.31. The molecule has 0 atom stereocenters. The van der Waals surface area contributed by atoms with Crippen LogP contribution in [0.5, 0.6) is 0 Å². The highest BCUT2D eigenvalue weighted by Gasteiger charge is 2.29. The number of piperazine rings is 1. The lowest BCUT2D eigenvalue weighted by atomic mass is 9.95. The molecular formula is C34H38F2N6O2. The summed E-state index contributed by atoms with van der Waals surface area (Å²) in [5.74, 6) is -3.63. The molecule has 1 saturated heterocycles. The topological polar surface area (TPSA) is 83.4 Å². The van der Waals surface area contributed by atoms with Crippen molar-refractivity contribution in [3.8, 4) is 11.1 Å². The SMILES string of the molecule is CCN1CCN(Cc2ccc(CC(=O)c3ccc(C)c(NC(=O)c4cncc(-c5cnn(C)c5)c4)c3)cc2C(C)(F)F)CC1. The zero-order valence-corrected chi connectivity index (χ0v) is 25.6. The predicted molar refractivity (Wildman–Crippen MR) is 167 cm³/mol. The molecule has 1 amide bonds. The van der Waals surface area contributed by atoms with Crippen molar-refractivity contribution in [2.45, 2.75) is 39.7 Å². The number of Topliss-reactive ketones (excluding diaryl/α,β-unsaturated/α-hetero) is 1. The van der Waals surface area contributed by atoms with Gasteiger partial charge in [-0.15, -0.1) is 0 Å². The fraction of sp³-hybridized carbons (Fsp3) is 0.353. The van der Waals surface area contributed by atoms with E-state index in [0.29, 0.717) is 34.5 Å². The monoisotopic (exact) mass is 600 g/mol. The molecule has 10 heteroatoms. The van der Waals surface area contributed by atoms with E-state index in [1.165, 1.54) is 12.3 Å². The number of amides is 1. The van der Waals surface area contributed by atoms with Gasteiger partial charge in [0.05, 0.1) is 11.8 Å². The standard InChI is InChI=1S/C34H38F2N6O2/c1-5-41-10-12-42(13-11-41)22-26-9-7-24(14-30(26)34(3,35)36)15-32(43)25-8-6-23(2)31(17-25)39-33(44)28-16-27(18-37-19-28)29-20-38-40(4)21-29/h6-9,14,16-21H,5,10-13,15,22H2,1-4H3,(H,39,44). The molecule has 3 heterocycles. The molecule has 5 rings (SSSR count). The molecule has 1 fully saturated rings. The molecule has 0 aliphatic carbocycles. The van der Waals surface area contributed by atoms with Gasteiger partial charge in [-0.25, -0.2) is 8.78 Å². The van der Waals surface area contributed by atoms with Gasteiger partial charge in [0.15, 0.2) is 5.78 Å². The number of hydrogen-bond donors (Lipinski definition) is 1. The number of ketones is 1. The van der Waals surface area contributed by atoms with E-state index < -0.39 is 5.92 Å². The minimum absolute atomic E-state index is 0.0357. The number of nitrogens with zero attached hydrogens (tertiary/aromatic N) is 5. The molecule has 1 aliphatic rings. The number of nitrogens with one attached hydrogen (secondary N) is 1. The fourth-order valence-corrected chi connectivity index (χ4v) is 5.49. The van der Waals surface area contributed by atoms with E-state index in [2.05, 4.69) is 32.1 Å². The Bertz CT molecular complexity index is 1650. The quantitative estimate of drug-likeness (QED) is 0.235. The van der Waals surface area contributed by atoms with Crippen LogP contribution < -0.4 is 5.32 Å². The van der Waals surface area contributed by atoms with Crippen LogP contribution in [0.2, 0.25) is 0 Å². The van der Waals surface area contributed by atoms with Gasteiger partial charge >= 0.3 is 0 Å². The lowest BCUT2D eigenvalue weighted by molar-refractivity contribution is 0.0153. The second kappa shape index (κ2) is 13.2. The number of halogens is 2. The van der Waals surface area contributed by atoms with Crippen molar-refractivity contribution in [3.63, 3.8) is 0 Å². The van der Waals surface area contributed by atoms with Gasteiger partial charge < -0.3 is 10.2 Å². The fourth-order valence-electron chi connectivity index (χ4n) is 5.49. The Morgan fingerprint density at radius 3 is 2.36 bits per heavy atom. The number of carbonyl (C=O) groups is 2. The number of pyridine rings is 1. The van der Waals surface area contributed by atoms with E-state index in [1.807, 2.05) is 20.2 Å². The summed E-state index contributed by atoms with van der Waals surface area (Å²) in [5, 5.41) is 7.06. The minimum Gasteiger partial charge on any atom is -0.322 e. The summed E-state index contributed by atoms with van der Waals surface area (Å²) < 4.78 is 31.2. The molecule has 1 aliphatic heterocycles. The van der Waals surface area contributed by atoms with E-state index in [-0.39, 0.29) is 23.7 Å². The van der Waals surface area contributed by atoms with Crippen LogP contribution in [-0.2, 0) is 25.9 Å². The lowest BCUT2D eigenvalue weighted by Crippen LogP contribution is -2.45. The first-order chi connectivity index (χ1) is 21.0. The molecule has 2 aromatic carbocycles. The van der Waals surface area contributed by atoms with E-state index in [9.17, 15) is 18.4 Å². The molecule has 0 radical (unpaired) electrons. The van der Waals surface area contributed by atoms with Crippen molar-refractivity contribution >= 4 is 17.4 Å². The van der Waals surface area contributed by atoms with Crippen molar-refractivity contribution in [1.82, 2.24) is 24.6 Å². The first kappa shape index (κ1) is 31.2. The third-order valence-electron chi connectivity index (χ3n) is 8.16. The van der Waals surface area contributed by atoms with Crippen LogP contribution in [0.25, 0.3) is 11.1 Å². The summed E-state index contributed by atoms with van der Waals surface area (Å²) in [5.41, 5.74) is 4.68. The number of rotatable bonds is 10. The van der Waals surface area contributed by atoms with Gasteiger partial charge in [0.1, 0.15) is 0 Å². The van der Waals surface area contributed by atoms with Crippen LogP contribution in [0.15, 0.2) is 67.3 Å². The number of hydrogen-bond acceptors (Lipinski definition) is 6. The minimum atomic E-state index is -3.04. The van der Waals surface area contributed by atoms with Crippen molar-refractivity contribution in [1.29, 1.82) is 0 Å². The van der Waals surface area contributed by atoms with Crippen molar-refractivity contribution < 1.29 is 18.4 Å². The summed E-state index contributed by atoms with van der Waals surface area (Å²) in [7, 11) is 1.81. The first-order valence-corrected chi connectivity index (χ1v) is 14.8. The van der Waals surface area contributed by atoms with Crippen molar-refractivity contribution in [2.75, 3.05) is 38.0 Å². The Hall–Kier alpha value is -4.28. The summed E-state index contributed by atoms with van der Waals surface area (Å²) in [6, 6.07) is 11.8. The number of aromatic nitrogens is 3. The molecule has 2 aromatic heterocycles. The number of alkyl halides is 2. The van der Waals surface area contributed by atoms with Crippen molar-refractivity contribution in [2.24, 2.45) is 7.05 Å². The molecule has 0 saturated carbocycles. The normalized spacial score (nSPS) is 14.5. The van der Waals surface area contributed by atoms with Gasteiger partial charge in [-0.3, -0.25) is 24.2 Å². The van der Waals surface area contributed by atoms with Crippen LogP contribution in [0.4, 0.5) is 14.5 Å². The Labute approximate surface area is 256 Å². The third-order valence-corrected chi connectivity index (χ3v) is 8.16. The van der Waals surface area contributed by atoms with Crippen LogP contribution >= 0.6 is 0 Å². The van der Waals surface area contributed by atoms with E-state index in [1.54, 1.807) is 53.5 Å². The van der Waals surface area contributed by atoms with Crippen LogP contribution in [0.3, 0.4) is 0 Å². The molecule has 8 nitrogen and oxygen atoms in total. The number of benzene rings is 2. The highest BCUT2D eigenvalue weighted by molar-refractivity contribution is 6.06. The average Bonchev–Trinajstić information content (AvgIpc) is 3.45. The number of carbonyl (C=O) groups excluding carboxylic acids is 2. The molecule has 0 bridgehead atoms. The molecule has 0 unspecified atom stereocenters. The summed E-state index contributed by atoms with van der Waals surface area (Å²) in [6.45, 7) is 9.83. The van der Waals surface area contributed by atoms with Gasteiger partial charge in [-0.1, -0.05) is 31.2 Å². The zero-order valence-electron chi connectivity index (χ0n) is 25.6. The highest BCUT2D eigenvalue weighted by Crippen LogP contribution is 2.32. The number of aryl methyl sites for hydroxylation is 2. The van der Waals surface area contributed by atoms with E-state index in [4.69, 9.17) is 0 Å². The zero-order chi connectivity index (χ0) is 31.4. The molecule has 230 valence electrons. The highest BCUT2D eigenvalue weighted by atomic mass is 19.3. The van der Waals surface area contributed by atoms with Gasteiger partial charge in [0.2, 0.25) is 0 Å². The maximum atomic E-state index is 14.7. The largest absolute Gasteiger partial charge is 0.322 e. The molecular weight excluding hydrogens is 562 g/mol. The number of likely N-dealkylation sites (N-methyl/N-ethyl adjacent to an activating group) is 1. The maximum absolute atomic E-state index is 14.7. The summed E-state index contributed by atoms with van der Waals surface area (Å²) in [4.78, 5) is 35.2. The Morgan fingerprint density at radius 1 is 0.932 bits per heavy atom. The van der Waals surface area contributed by atoms with Crippen LogP contribution in [-0.4, -0.2) is 69.0 Å². The van der Waals surface area contributed by atoms with Gasteiger partial charge in [0.25, 0.3) is 11.8 Å².